The van der Waals surface area contributed by atoms with Gasteiger partial charge in [0.15, 0.2) is 0 Å². The molecule has 0 aliphatic carbocycles. The Kier molecular flexibility index (Phi) is 6.08. The van der Waals surface area contributed by atoms with Crippen LogP contribution in [0.2, 0.25) is 5.15 Å². The summed E-state index contributed by atoms with van der Waals surface area (Å²) in [7, 11) is -2.62. The predicted octanol–water partition coefficient (Wildman–Crippen LogP) is 4.55. The van der Waals surface area contributed by atoms with E-state index in [-0.39, 0.29) is 22.4 Å². The zero-order valence-corrected chi connectivity index (χ0v) is 18.9. The summed E-state index contributed by atoms with van der Waals surface area (Å²) in [6, 6.07) is 11.6. The van der Waals surface area contributed by atoms with Crippen LogP contribution < -0.4 is 0 Å². The topological polar surface area (TPSA) is 91.1 Å². The number of nitrogens with zero attached hydrogens (tertiary/aromatic N) is 3. The fraction of sp³-hybridized carbons (Fsp3) is 0.190. The first kappa shape index (κ1) is 21.5. The first-order valence-electron chi connectivity index (χ1n) is 9.39. The number of ether oxygens (including phenoxy) is 1. The van der Waals surface area contributed by atoms with Gasteiger partial charge in [-0.25, -0.2) is 22.4 Å². The van der Waals surface area contributed by atoms with Gasteiger partial charge < -0.3 is 4.74 Å². The third kappa shape index (κ3) is 4.34. The van der Waals surface area contributed by atoms with E-state index in [1.807, 2.05) is 11.4 Å². The number of carbonyl (C=O) groups excluding carboxylic acids is 1. The maximum absolute atomic E-state index is 13.7. The highest BCUT2D eigenvalue weighted by molar-refractivity contribution is 7.90. The van der Waals surface area contributed by atoms with Crippen LogP contribution in [0.15, 0.2) is 58.9 Å². The molecule has 0 aliphatic heterocycles. The van der Waals surface area contributed by atoms with Crippen molar-refractivity contribution in [1.82, 2.24) is 13.9 Å². The van der Waals surface area contributed by atoms with Crippen molar-refractivity contribution in [3.8, 4) is 10.6 Å². The van der Waals surface area contributed by atoms with Crippen LogP contribution in [-0.4, -0.2) is 35.4 Å². The molecule has 3 aromatic heterocycles. The molecule has 160 valence electrons. The molecule has 0 amide bonds. The maximum atomic E-state index is 13.7. The van der Waals surface area contributed by atoms with Gasteiger partial charge in [-0.15, -0.1) is 11.3 Å². The Morgan fingerprint density at radius 1 is 1.23 bits per heavy atom. The summed E-state index contributed by atoms with van der Waals surface area (Å²) in [5.74, 6) is -0.345. The Morgan fingerprint density at radius 3 is 2.81 bits per heavy atom. The molecule has 1 aromatic carbocycles. The van der Waals surface area contributed by atoms with Crippen LogP contribution in [0, 0.1) is 0 Å². The summed E-state index contributed by atoms with van der Waals surface area (Å²) in [5.41, 5.74) is 2.15. The number of hydrogen-bond donors (Lipinski definition) is 0. The summed E-state index contributed by atoms with van der Waals surface area (Å²) in [6.45, 7) is 0. The van der Waals surface area contributed by atoms with Crippen molar-refractivity contribution >= 4 is 50.0 Å². The van der Waals surface area contributed by atoms with Gasteiger partial charge in [0.1, 0.15) is 10.2 Å². The molecule has 0 radical (unpaired) electrons. The molecule has 0 N–H and O–H groups in total. The van der Waals surface area contributed by atoms with Crippen LogP contribution in [0.25, 0.3) is 21.6 Å². The predicted molar refractivity (Wildman–Crippen MR) is 120 cm³/mol. The number of hydrogen-bond acceptors (Lipinski definition) is 7. The quantitative estimate of drug-likeness (QED) is 0.288. The van der Waals surface area contributed by atoms with Gasteiger partial charge >= 0.3 is 5.97 Å². The second-order valence-corrected chi connectivity index (χ2v) is 9.81. The minimum Gasteiger partial charge on any atom is -0.469 e. The number of rotatable bonds is 7. The van der Waals surface area contributed by atoms with E-state index in [0.29, 0.717) is 29.6 Å². The number of benzene rings is 1. The number of halogens is 1. The monoisotopic (exact) mass is 475 g/mol. The summed E-state index contributed by atoms with van der Waals surface area (Å²) >= 11 is 7.45. The zero-order chi connectivity index (χ0) is 22.0. The smallest absolute Gasteiger partial charge is 0.305 e. The van der Waals surface area contributed by atoms with E-state index in [1.165, 1.54) is 22.4 Å². The second kappa shape index (κ2) is 8.78. The highest BCUT2D eigenvalue weighted by Gasteiger charge is 2.24. The number of esters is 1. The van der Waals surface area contributed by atoms with Crippen molar-refractivity contribution in [2.45, 2.75) is 24.2 Å². The first-order valence-corrected chi connectivity index (χ1v) is 12.1. The second-order valence-electron chi connectivity index (χ2n) is 6.74. The van der Waals surface area contributed by atoms with E-state index in [1.54, 1.807) is 42.6 Å². The van der Waals surface area contributed by atoms with E-state index in [2.05, 4.69) is 14.7 Å². The van der Waals surface area contributed by atoms with Crippen LogP contribution in [0.4, 0.5) is 0 Å². The van der Waals surface area contributed by atoms with Crippen LogP contribution in [0.1, 0.15) is 18.5 Å². The van der Waals surface area contributed by atoms with Crippen LogP contribution in [0.3, 0.4) is 0 Å². The van der Waals surface area contributed by atoms with Crippen molar-refractivity contribution < 1.29 is 17.9 Å². The van der Waals surface area contributed by atoms with Gasteiger partial charge in [0.05, 0.1) is 23.0 Å². The number of aromatic nitrogens is 3. The Balaban J connectivity index is 1.80. The number of thiazole rings is 1. The van der Waals surface area contributed by atoms with Gasteiger partial charge in [-0.3, -0.25) is 4.79 Å². The SMILES string of the molecule is COC(=O)CCCc1cc2nc(Cl)ccc2n1S(=O)(=O)c1cccc(-c2nccs2)c1. The average Bonchev–Trinajstić information content (AvgIpc) is 3.41. The minimum atomic E-state index is -3.94. The van der Waals surface area contributed by atoms with Crippen molar-refractivity contribution in [2.75, 3.05) is 7.11 Å². The molecule has 0 bridgehead atoms. The van der Waals surface area contributed by atoms with E-state index in [4.69, 9.17) is 11.6 Å². The molecule has 4 aromatic rings. The molecule has 0 aliphatic rings. The van der Waals surface area contributed by atoms with Gasteiger partial charge in [0.2, 0.25) is 0 Å². The van der Waals surface area contributed by atoms with Crippen LogP contribution >= 0.6 is 22.9 Å². The first-order chi connectivity index (χ1) is 14.9. The fourth-order valence-electron chi connectivity index (χ4n) is 3.33. The van der Waals surface area contributed by atoms with E-state index in [9.17, 15) is 13.2 Å². The van der Waals surface area contributed by atoms with E-state index < -0.39 is 10.0 Å². The summed E-state index contributed by atoms with van der Waals surface area (Å²) in [4.78, 5) is 20.2. The van der Waals surface area contributed by atoms with Crippen LogP contribution in [-0.2, 0) is 26.0 Å². The average molecular weight is 476 g/mol. The molecule has 3 heterocycles. The molecule has 0 unspecified atom stereocenters. The third-order valence-corrected chi connectivity index (χ3v) is 7.54. The lowest BCUT2D eigenvalue weighted by Crippen LogP contribution is -2.16. The molecule has 31 heavy (non-hydrogen) atoms. The highest BCUT2D eigenvalue weighted by atomic mass is 35.5. The number of fused-ring (bicyclic) bond motifs is 1. The third-order valence-electron chi connectivity index (χ3n) is 4.74. The largest absolute Gasteiger partial charge is 0.469 e. The Bertz CT molecular complexity index is 1350. The van der Waals surface area contributed by atoms with Gasteiger partial charge in [-0.1, -0.05) is 23.7 Å². The zero-order valence-electron chi connectivity index (χ0n) is 16.5. The van der Waals surface area contributed by atoms with Crippen molar-refractivity contribution in [1.29, 1.82) is 0 Å². The molecular formula is C21H18ClN3O4S2. The Morgan fingerprint density at radius 2 is 2.06 bits per heavy atom. The summed E-state index contributed by atoms with van der Waals surface area (Å²) < 4.78 is 33.3. The highest BCUT2D eigenvalue weighted by Crippen LogP contribution is 2.30. The molecule has 10 heteroatoms. The molecule has 0 saturated heterocycles. The van der Waals surface area contributed by atoms with Gasteiger partial charge in [-0.05, 0) is 43.2 Å². The molecular weight excluding hydrogens is 458 g/mol. The number of methoxy groups -OCH3 is 1. The Labute approximate surface area is 188 Å². The van der Waals surface area contributed by atoms with Crippen molar-refractivity contribution in [3.63, 3.8) is 0 Å². The molecule has 0 saturated carbocycles. The summed E-state index contributed by atoms with van der Waals surface area (Å²) in [5, 5.41) is 2.85. The molecule has 0 fully saturated rings. The normalized spacial score (nSPS) is 11.7. The Hall–Kier alpha value is -2.75. The van der Waals surface area contributed by atoms with Gasteiger partial charge in [0, 0.05) is 29.3 Å². The van der Waals surface area contributed by atoms with Crippen LogP contribution in [0.5, 0.6) is 0 Å². The standard InChI is InChI=1S/C21H18ClN3O4S2/c1-29-20(26)7-3-5-15-13-17-18(8-9-19(22)24-17)25(15)31(27,28)16-6-2-4-14(12-16)21-23-10-11-30-21/h2,4,6,8-13H,3,5,7H2,1H3. The molecule has 4 rings (SSSR count). The molecule has 0 atom stereocenters. The number of pyridine rings is 1. The fourth-order valence-corrected chi connectivity index (χ4v) is 5.72. The van der Waals surface area contributed by atoms with Crippen molar-refractivity contribution in [2.24, 2.45) is 0 Å². The molecule has 0 spiro atoms. The summed E-state index contributed by atoms with van der Waals surface area (Å²) in [6.07, 6.45) is 2.65. The molecule has 7 nitrogen and oxygen atoms in total. The van der Waals surface area contributed by atoms with E-state index in [0.717, 1.165) is 10.6 Å². The van der Waals surface area contributed by atoms with Crippen molar-refractivity contribution in [3.05, 3.63) is 64.9 Å². The van der Waals surface area contributed by atoms with Gasteiger partial charge in [0.25, 0.3) is 10.0 Å². The lowest BCUT2D eigenvalue weighted by Gasteiger charge is -2.12. The number of carbonyl (C=O) groups is 1. The number of aryl methyl sites for hydroxylation is 1. The van der Waals surface area contributed by atoms with E-state index >= 15 is 0 Å². The minimum absolute atomic E-state index is 0.141. The lowest BCUT2D eigenvalue weighted by molar-refractivity contribution is -0.140. The lowest BCUT2D eigenvalue weighted by atomic mass is 10.2. The van der Waals surface area contributed by atoms with Gasteiger partial charge in [-0.2, -0.15) is 0 Å². The maximum Gasteiger partial charge on any atom is 0.305 e.